The molecule has 1 amide bonds. The number of carbonyl (C=O) groups excluding carboxylic acids is 1. The van der Waals surface area contributed by atoms with Gasteiger partial charge < -0.3 is 4.90 Å². The van der Waals surface area contributed by atoms with Crippen LogP contribution in [0.4, 0.5) is 5.69 Å². The SMILES string of the molecule is CCCC(=O)N1CCc2cc(S(=O)(=O)Cl)ccc21. The summed E-state index contributed by atoms with van der Waals surface area (Å²) < 4.78 is 22.5. The third-order valence-corrected chi connectivity index (χ3v) is 4.34. The highest BCUT2D eigenvalue weighted by atomic mass is 35.7. The van der Waals surface area contributed by atoms with E-state index in [1.54, 1.807) is 17.0 Å². The van der Waals surface area contributed by atoms with Crippen LogP contribution in [0.15, 0.2) is 23.1 Å². The molecule has 2 rings (SSSR count). The number of nitrogens with zero attached hydrogens (tertiary/aromatic N) is 1. The summed E-state index contributed by atoms with van der Waals surface area (Å²) in [7, 11) is 1.60. The highest BCUT2D eigenvalue weighted by Gasteiger charge is 2.25. The quantitative estimate of drug-likeness (QED) is 0.802. The molecule has 1 heterocycles. The molecule has 4 nitrogen and oxygen atoms in total. The van der Waals surface area contributed by atoms with Gasteiger partial charge in [-0.3, -0.25) is 4.79 Å². The number of benzene rings is 1. The minimum absolute atomic E-state index is 0.0812. The fraction of sp³-hybridized carbons (Fsp3) is 0.417. The zero-order valence-corrected chi connectivity index (χ0v) is 11.6. The summed E-state index contributed by atoms with van der Waals surface area (Å²) in [6, 6.07) is 4.65. The van der Waals surface area contributed by atoms with Gasteiger partial charge in [-0.2, -0.15) is 0 Å². The Morgan fingerprint density at radius 1 is 1.44 bits per heavy atom. The average Bonchev–Trinajstić information content (AvgIpc) is 2.70. The van der Waals surface area contributed by atoms with Gasteiger partial charge in [0.2, 0.25) is 5.91 Å². The number of fused-ring (bicyclic) bond motifs is 1. The fourth-order valence-corrected chi connectivity index (χ4v) is 2.94. The van der Waals surface area contributed by atoms with E-state index in [0.29, 0.717) is 19.4 Å². The Bertz CT molecular complexity index is 583. The molecule has 98 valence electrons. The smallest absolute Gasteiger partial charge is 0.261 e. The standard InChI is InChI=1S/C12H14ClNO3S/c1-2-3-12(15)14-7-6-9-8-10(18(13,16)17)4-5-11(9)14/h4-5,8H,2-3,6-7H2,1H3. The molecule has 0 saturated heterocycles. The van der Waals surface area contributed by atoms with Crippen LogP contribution in [0.1, 0.15) is 25.3 Å². The van der Waals surface area contributed by atoms with E-state index in [0.717, 1.165) is 17.7 Å². The number of halogens is 1. The Kier molecular flexibility index (Phi) is 3.64. The predicted octanol–water partition coefficient (Wildman–Crippen LogP) is 2.30. The second-order valence-corrected chi connectivity index (χ2v) is 6.84. The molecule has 0 N–H and O–H groups in total. The van der Waals surface area contributed by atoms with Gasteiger partial charge in [0, 0.05) is 29.3 Å². The van der Waals surface area contributed by atoms with E-state index in [1.807, 2.05) is 6.92 Å². The maximum absolute atomic E-state index is 11.9. The molecule has 0 aromatic heterocycles. The van der Waals surface area contributed by atoms with Crippen LogP contribution in [-0.2, 0) is 20.3 Å². The van der Waals surface area contributed by atoms with Crippen LogP contribution in [0, 0.1) is 0 Å². The second kappa shape index (κ2) is 4.90. The summed E-state index contributed by atoms with van der Waals surface area (Å²) in [6.07, 6.45) is 1.98. The Morgan fingerprint density at radius 3 is 2.78 bits per heavy atom. The van der Waals surface area contributed by atoms with Gasteiger partial charge in [0.25, 0.3) is 9.05 Å². The van der Waals surface area contributed by atoms with Gasteiger partial charge in [0.05, 0.1) is 4.90 Å². The van der Waals surface area contributed by atoms with Crippen molar-refractivity contribution in [2.45, 2.75) is 31.1 Å². The van der Waals surface area contributed by atoms with Gasteiger partial charge in [-0.1, -0.05) is 6.92 Å². The second-order valence-electron chi connectivity index (χ2n) is 4.27. The zero-order valence-electron chi connectivity index (χ0n) is 10.0. The van der Waals surface area contributed by atoms with E-state index in [2.05, 4.69) is 0 Å². The Labute approximate surface area is 111 Å². The lowest BCUT2D eigenvalue weighted by Gasteiger charge is -2.16. The third kappa shape index (κ3) is 2.52. The molecule has 0 aliphatic carbocycles. The predicted molar refractivity (Wildman–Crippen MR) is 70.4 cm³/mol. The highest BCUT2D eigenvalue weighted by molar-refractivity contribution is 8.13. The molecular weight excluding hydrogens is 274 g/mol. The van der Waals surface area contributed by atoms with Gasteiger partial charge in [-0.25, -0.2) is 8.42 Å². The Hall–Kier alpha value is -1.07. The minimum Gasteiger partial charge on any atom is -0.312 e. The zero-order chi connectivity index (χ0) is 13.3. The molecule has 0 radical (unpaired) electrons. The van der Waals surface area contributed by atoms with Crippen molar-refractivity contribution >= 4 is 31.3 Å². The summed E-state index contributed by atoms with van der Waals surface area (Å²) in [5, 5.41) is 0. The van der Waals surface area contributed by atoms with Crippen LogP contribution in [-0.4, -0.2) is 20.9 Å². The average molecular weight is 288 g/mol. The molecule has 1 aliphatic rings. The van der Waals surface area contributed by atoms with E-state index in [9.17, 15) is 13.2 Å². The van der Waals surface area contributed by atoms with E-state index in [4.69, 9.17) is 10.7 Å². The summed E-state index contributed by atoms with van der Waals surface area (Å²) in [5.41, 5.74) is 1.67. The summed E-state index contributed by atoms with van der Waals surface area (Å²) >= 11 is 0. The van der Waals surface area contributed by atoms with Crippen LogP contribution in [0.5, 0.6) is 0 Å². The molecule has 0 fully saturated rings. The van der Waals surface area contributed by atoms with Crippen molar-refractivity contribution in [3.05, 3.63) is 23.8 Å². The third-order valence-electron chi connectivity index (χ3n) is 2.99. The van der Waals surface area contributed by atoms with Crippen molar-refractivity contribution in [2.75, 3.05) is 11.4 Å². The van der Waals surface area contributed by atoms with Crippen molar-refractivity contribution in [1.82, 2.24) is 0 Å². The first-order valence-electron chi connectivity index (χ1n) is 5.81. The van der Waals surface area contributed by atoms with E-state index in [1.165, 1.54) is 6.07 Å². The van der Waals surface area contributed by atoms with Gasteiger partial charge in [0.15, 0.2) is 0 Å². The first-order chi connectivity index (χ1) is 8.43. The number of anilines is 1. The Morgan fingerprint density at radius 2 is 2.17 bits per heavy atom. The molecule has 1 aromatic carbocycles. The summed E-state index contributed by atoms with van der Waals surface area (Å²) in [4.78, 5) is 13.7. The first-order valence-corrected chi connectivity index (χ1v) is 8.12. The monoisotopic (exact) mass is 287 g/mol. The molecular formula is C12H14ClNO3S. The molecule has 0 unspecified atom stereocenters. The molecule has 1 aromatic rings. The van der Waals surface area contributed by atoms with Crippen LogP contribution >= 0.6 is 10.7 Å². The maximum Gasteiger partial charge on any atom is 0.261 e. The van der Waals surface area contributed by atoms with Crippen LogP contribution < -0.4 is 4.90 Å². The number of hydrogen-bond donors (Lipinski definition) is 0. The van der Waals surface area contributed by atoms with Crippen molar-refractivity contribution in [3.8, 4) is 0 Å². The highest BCUT2D eigenvalue weighted by Crippen LogP contribution is 2.31. The molecule has 6 heteroatoms. The molecule has 0 spiro atoms. The molecule has 0 saturated carbocycles. The van der Waals surface area contributed by atoms with Crippen LogP contribution in [0.2, 0.25) is 0 Å². The van der Waals surface area contributed by atoms with Crippen molar-refractivity contribution in [3.63, 3.8) is 0 Å². The molecule has 0 atom stereocenters. The molecule has 18 heavy (non-hydrogen) atoms. The summed E-state index contributed by atoms with van der Waals surface area (Å²) in [5.74, 6) is 0.0812. The van der Waals surface area contributed by atoms with Crippen molar-refractivity contribution in [1.29, 1.82) is 0 Å². The van der Waals surface area contributed by atoms with Crippen molar-refractivity contribution in [2.24, 2.45) is 0 Å². The van der Waals surface area contributed by atoms with Crippen LogP contribution in [0.25, 0.3) is 0 Å². The lowest BCUT2D eigenvalue weighted by atomic mass is 10.2. The van der Waals surface area contributed by atoms with Gasteiger partial charge in [-0.15, -0.1) is 0 Å². The number of hydrogen-bond acceptors (Lipinski definition) is 3. The fourth-order valence-electron chi connectivity index (χ4n) is 2.14. The van der Waals surface area contributed by atoms with E-state index >= 15 is 0 Å². The van der Waals surface area contributed by atoms with E-state index < -0.39 is 9.05 Å². The minimum atomic E-state index is -3.70. The number of amides is 1. The van der Waals surface area contributed by atoms with Crippen molar-refractivity contribution < 1.29 is 13.2 Å². The molecule has 0 bridgehead atoms. The first kappa shape index (κ1) is 13.4. The topological polar surface area (TPSA) is 54.5 Å². The lowest BCUT2D eigenvalue weighted by Crippen LogP contribution is -2.28. The lowest BCUT2D eigenvalue weighted by molar-refractivity contribution is -0.118. The number of carbonyl (C=O) groups is 1. The van der Waals surface area contributed by atoms with E-state index in [-0.39, 0.29) is 10.8 Å². The maximum atomic E-state index is 11.9. The molecule has 1 aliphatic heterocycles. The van der Waals surface area contributed by atoms with Gasteiger partial charge in [-0.05, 0) is 36.6 Å². The normalized spacial score (nSPS) is 14.7. The largest absolute Gasteiger partial charge is 0.312 e. The van der Waals surface area contributed by atoms with Crippen LogP contribution in [0.3, 0.4) is 0 Å². The van der Waals surface area contributed by atoms with Gasteiger partial charge in [0.1, 0.15) is 0 Å². The Balaban J connectivity index is 2.34. The number of rotatable bonds is 3. The van der Waals surface area contributed by atoms with Gasteiger partial charge >= 0.3 is 0 Å². The summed E-state index contributed by atoms with van der Waals surface area (Å²) in [6.45, 7) is 2.57.